The second-order valence-corrected chi connectivity index (χ2v) is 3.66. The molecule has 0 aliphatic carbocycles. The zero-order valence-electron chi connectivity index (χ0n) is 9.89. The fraction of sp³-hybridized carbons (Fsp3) is 0.600. The highest BCUT2D eigenvalue weighted by molar-refractivity contribution is 5.73. The monoisotopic (exact) mass is 256 g/mol. The summed E-state index contributed by atoms with van der Waals surface area (Å²) in [6.45, 7) is 0.721. The molecule has 8 heteroatoms. The maximum absolute atomic E-state index is 11.3. The Morgan fingerprint density at radius 2 is 2.11 bits per heavy atom. The molecule has 0 saturated carbocycles. The van der Waals surface area contributed by atoms with E-state index in [1.165, 1.54) is 6.39 Å². The minimum Gasteiger partial charge on any atom is -0.481 e. The molecule has 1 heterocycles. The highest BCUT2D eigenvalue weighted by Crippen LogP contribution is 1.98. The SMILES string of the molecule is O=C(O)CCCCCNC(=O)NCc1ncon1. The van der Waals surface area contributed by atoms with Crippen molar-refractivity contribution in [1.29, 1.82) is 0 Å². The number of hydrogen-bond acceptors (Lipinski definition) is 5. The van der Waals surface area contributed by atoms with Crippen LogP contribution in [0.25, 0.3) is 0 Å². The van der Waals surface area contributed by atoms with Crippen LogP contribution >= 0.6 is 0 Å². The topological polar surface area (TPSA) is 117 Å². The summed E-state index contributed by atoms with van der Waals surface area (Å²) in [5.41, 5.74) is 0. The maximum atomic E-state index is 11.3. The van der Waals surface area contributed by atoms with Gasteiger partial charge in [-0.15, -0.1) is 0 Å². The molecule has 3 N–H and O–H groups in total. The molecule has 0 aliphatic rings. The predicted octanol–water partition coefficient (Wildman–Crippen LogP) is 0.514. The number of carbonyl (C=O) groups is 2. The summed E-state index contributed by atoms with van der Waals surface area (Å²) in [4.78, 5) is 25.3. The lowest BCUT2D eigenvalue weighted by atomic mass is 10.2. The smallest absolute Gasteiger partial charge is 0.315 e. The second-order valence-electron chi connectivity index (χ2n) is 3.66. The Labute approximate surface area is 104 Å². The molecule has 1 rings (SSSR count). The van der Waals surface area contributed by atoms with Crippen molar-refractivity contribution in [2.24, 2.45) is 0 Å². The molecule has 1 aromatic heterocycles. The van der Waals surface area contributed by atoms with Gasteiger partial charge in [-0.2, -0.15) is 4.98 Å². The second kappa shape index (κ2) is 8.04. The van der Waals surface area contributed by atoms with Gasteiger partial charge >= 0.3 is 12.0 Å². The molecule has 0 spiro atoms. The maximum Gasteiger partial charge on any atom is 0.315 e. The molecule has 0 aromatic carbocycles. The summed E-state index contributed by atoms with van der Waals surface area (Å²) in [7, 11) is 0. The van der Waals surface area contributed by atoms with Gasteiger partial charge in [0.2, 0.25) is 6.39 Å². The third kappa shape index (κ3) is 6.46. The lowest BCUT2D eigenvalue weighted by Gasteiger charge is -2.05. The Morgan fingerprint density at radius 3 is 2.78 bits per heavy atom. The first-order valence-corrected chi connectivity index (χ1v) is 5.67. The first kappa shape index (κ1) is 13.9. The third-order valence-electron chi connectivity index (χ3n) is 2.17. The fourth-order valence-electron chi connectivity index (χ4n) is 1.27. The van der Waals surface area contributed by atoms with Crippen molar-refractivity contribution in [3.05, 3.63) is 12.2 Å². The molecule has 0 saturated heterocycles. The highest BCUT2D eigenvalue weighted by Gasteiger charge is 2.02. The Kier molecular flexibility index (Phi) is 6.23. The molecule has 0 fully saturated rings. The van der Waals surface area contributed by atoms with Crippen molar-refractivity contribution in [1.82, 2.24) is 20.8 Å². The van der Waals surface area contributed by atoms with Crippen LogP contribution < -0.4 is 10.6 Å². The standard InChI is InChI=1S/C10H16N4O4/c15-9(16)4-2-1-3-5-11-10(17)12-6-8-13-7-18-14-8/h7H,1-6H2,(H,15,16)(H2,11,12,17). The van der Waals surface area contributed by atoms with Crippen molar-refractivity contribution in [3.63, 3.8) is 0 Å². The fourth-order valence-corrected chi connectivity index (χ4v) is 1.27. The molecular formula is C10H16N4O4. The van der Waals surface area contributed by atoms with Crippen LogP contribution in [0.1, 0.15) is 31.5 Å². The average molecular weight is 256 g/mol. The summed E-state index contributed by atoms with van der Waals surface area (Å²) in [5, 5.41) is 17.2. The molecule has 1 aromatic rings. The normalized spacial score (nSPS) is 10.0. The molecule has 0 unspecified atom stereocenters. The van der Waals surface area contributed by atoms with E-state index in [0.717, 1.165) is 12.8 Å². The molecule has 8 nitrogen and oxygen atoms in total. The van der Waals surface area contributed by atoms with Crippen LogP contribution in [0.3, 0.4) is 0 Å². The Morgan fingerprint density at radius 1 is 1.28 bits per heavy atom. The van der Waals surface area contributed by atoms with Gasteiger partial charge in [-0.25, -0.2) is 4.79 Å². The van der Waals surface area contributed by atoms with Crippen LogP contribution in [0, 0.1) is 0 Å². The number of aliphatic carboxylic acids is 1. The van der Waals surface area contributed by atoms with Gasteiger partial charge in [0, 0.05) is 13.0 Å². The largest absolute Gasteiger partial charge is 0.481 e. The van der Waals surface area contributed by atoms with E-state index in [2.05, 4.69) is 25.3 Å². The van der Waals surface area contributed by atoms with Crippen molar-refractivity contribution in [3.8, 4) is 0 Å². The zero-order valence-corrected chi connectivity index (χ0v) is 9.89. The minimum atomic E-state index is -0.791. The number of nitrogens with one attached hydrogen (secondary N) is 2. The van der Waals surface area contributed by atoms with E-state index < -0.39 is 5.97 Å². The van der Waals surface area contributed by atoms with Gasteiger partial charge in [0.25, 0.3) is 0 Å². The first-order chi connectivity index (χ1) is 8.68. The van der Waals surface area contributed by atoms with E-state index in [-0.39, 0.29) is 19.0 Å². The van der Waals surface area contributed by atoms with Crippen LogP contribution in [0.5, 0.6) is 0 Å². The predicted molar refractivity (Wildman–Crippen MR) is 60.6 cm³/mol. The van der Waals surface area contributed by atoms with E-state index in [9.17, 15) is 9.59 Å². The number of unbranched alkanes of at least 4 members (excludes halogenated alkanes) is 2. The Hall–Kier alpha value is -2.12. The molecule has 2 amide bonds. The molecular weight excluding hydrogens is 240 g/mol. The number of carbonyl (C=O) groups excluding carboxylic acids is 1. The zero-order chi connectivity index (χ0) is 13.2. The first-order valence-electron chi connectivity index (χ1n) is 5.67. The summed E-state index contributed by atoms with van der Waals surface area (Å²) in [6, 6.07) is -0.307. The number of amides is 2. The van der Waals surface area contributed by atoms with Crippen LogP contribution in [-0.4, -0.2) is 33.8 Å². The van der Waals surface area contributed by atoms with Crippen molar-refractivity contribution in [2.45, 2.75) is 32.2 Å². The van der Waals surface area contributed by atoms with Gasteiger partial charge in [-0.05, 0) is 12.8 Å². The number of carboxylic acid groups (broad SMARTS) is 1. The van der Waals surface area contributed by atoms with Crippen molar-refractivity contribution >= 4 is 12.0 Å². The van der Waals surface area contributed by atoms with Gasteiger partial charge in [-0.1, -0.05) is 11.6 Å². The van der Waals surface area contributed by atoms with Crippen LogP contribution in [0.2, 0.25) is 0 Å². The number of hydrogen-bond donors (Lipinski definition) is 3. The number of aromatic nitrogens is 2. The van der Waals surface area contributed by atoms with E-state index in [1.807, 2.05) is 0 Å². The van der Waals surface area contributed by atoms with Gasteiger partial charge in [0.1, 0.15) is 0 Å². The molecule has 0 radical (unpaired) electrons. The molecule has 18 heavy (non-hydrogen) atoms. The number of nitrogens with zero attached hydrogens (tertiary/aromatic N) is 2. The molecule has 0 aliphatic heterocycles. The third-order valence-corrected chi connectivity index (χ3v) is 2.17. The van der Waals surface area contributed by atoms with E-state index in [1.54, 1.807) is 0 Å². The van der Waals surface area contributed by atoms with Gasteiger partial charge < -0.3 is 20.3 Å². The summed E-state index contributed by atoms with van der Waals surface area (Å²) >= 11 is 0. The van der Waals surface area contributed by atoms with E-state index in [4.69, 9.17) is 5.11 Å². The summed E-state index contributed by atoms with van der Waals surface area (Å²) in [6.07, 6.45) is 3.52. The number of carboxylic acids is 1. The van der Waals surface area contributed by atoms with Crippen molar-refractivity contribution < 1.29 is 19.2 Å². The number of urea groups is 1. The summed E-state index contributed by atoms with van der Waals surface area (Å²) < 4.78 is 4.51. The quantitative estimate of drug-likeness (QED) is 0.583. The van der Waals surface area contributed by atoms with E-state index >= 15 is 0 Å². The minimum absolute atomic E-state index is 0.171. The molecule has 0 atom stereocenters. The number of rotatable bonds is 8. The molecule has 0 bridgehead atoms. The van der Waals surface area contributed by atoms with Gasteiger partial charge in [0.05, 0.1) is 6.54 Å². The lowest BCUT2D eigenvalue weighted by molar-refractivity contribution is -0.137. The average Bonchev–Trinajstić information content (AvgIpc) is 2.83. The lowest BCUT2D eigenvalue weighted by Crippen LogP contribution is -2.35. The van der Waals surface area contributed by atoms with E-state index in [0.29, 0.717) is 18.8 Å². The van der Waals surface area contributed by atoms with Gasteiger partial charge in [-0.3, -0.25) is 4.79 Å². The van der Waals surface area contributed by atoms with Crippen LogP contribution in [0.4, 0.5) is 4.79 Å². The van der Waals surface area contributed by atoms with Gasteiger partial charge in [0.15, 0.2) is 5.82 Å². The Balaban J connectivity index is 1.95. The Bertz CT molecular complexity index is 366. The molecule has 100 valence electrons. The highest BCUT2D eigenvalue weighted by atomic mass is 16.5. The summed E-state index contributed by atoms with van der Waals surface area (Å²) in [5.74, 6) is -0.382. The van der Waals surface area contributed by atoms with Crippen molar-refractivity contribution in [2.75, 3.05) is 6.54 Å². The van der Waals surface area contributed by atoms with Crippen LogP contribution in [-0.2, 0) is 11.3 Å². The van der Waals surface area contributed by atoms with Crippen LogP contribution in [0.15, 0.2) is 10.9 Å².